The van der Waals surface area contributed by atoms with Crippen LogP contribution in [0.3, 0.4) is 0 Å². The van der Waals surface area contributed by atoms with Gasteiger partial charge < -0.3 is 0 Å². The number of rotatable bonds is 5. The second-order valence-corrected chi connectivity index (χ2v) is 4.32. The molecule has 0 aromatic heterocycles. The van der Waals surface area contributed by atoms with E-state index in [2.05, 4.69) is 19.6 Å². The predicted molar refractivity (Wildman–Crippen MR) is 69.0 cm³/mol. The summed E-state index contributed by atoms with van der Waals surface area (Å²) in [5.74, 6) is 0.619. The molecule has 1 rings (SSSR count). The van der Waals surface area contributed by atoms with E-state index in [0.29, 0.717) is 5.92 Å². The molecule has 1 aromatic carbocycles. The molecule has 0 heterocycles. The van der Waals surface area contributed by atoms with Gasteiger partial charge in [0, 0.05) is 5.56 Å². The van der Waals surface area contributed by atoms with Gasteiger partial charge >= 0.3 is 0 Å². The molecule has 1 heteroatoms. The molecule has 0 saturated carbocycles. The fraction of sp³-hybridized carbons (Fsp3) is 0.400. The Labute approximate surface area is 98.2 Å². The summed E-state index contributed by atoms with van der Waals surface area (Å²) in [4.78, 5) is 11.4. The lowest BCUT2D eigenvalue weighted by Crippen LogP contribution is -2.00. The fourth-order valence-electron chi connectivity index (χ4n) is 1.99. The van der Waals surface area contributed by atoms with Gasteiger partial charge in [0.2, 0.25) is 0 Å². The third kappa shape index (κ3) is 3.06. The number of carbonyl (C=O) groups excluding carboxylic acids is 1. The monoisotopic (exact) mass is 216 g/mol. The van der Waals surface area contributed by atoms with Crippen molar-refractivity contribution >= 4 is 5.78 Å². The van der Waals surface area contributed by atoms with Crippen molar-refractivity contribution in [2.24, 2.45) is 0 Å². The maximum absolute atomic E-state index is 11.4. The Hall–Kier alpha value is -1.37. The molecular weight excluding hydrogens is 196 g/mol. The van der Waals surface area contributed by atoms with Gasteiger partial charge in [-0.1, -0.05) is 24.6 Å². The Morgan fingerprint density at radius 3 is 2.62 bits per heavy atom. The maximum Gasteiger partial charge on any atom is 0.159 e. The molecule has 0 aliphatic carbocycles. The van der Waals surface area contributed by atoms with Crippen molar-refractivity contribution in [2.75, 3.05) is 0 Å². The normalized spacial score (nSPS) is 12.2. The van der Waals surface area contributed by atoms with E-state index in [4.69, 9.17) is 0 Å². The summed E-state index contributed by atoms with van der Waals surface area (Å²) in [6, 6.07) is 6.14. The zero-order chi connectivity index (χ0) is 12.1. The lowest BCUT2D eigenvalue weighted by molar-refractivity contribution is 0.101. The summed E-state index contributed by atoms with van der Waals surface area (Å²) < 4.78 is 0. The Morgan fingerprint density at radius 1 is 1.44 bits per heavy atom. The van der Waals surface area contributed by atoms with Crippen LogP contribution in [0.15, 0.2) is 30.9 Å². The molecule has 0 bridgehead atoms. The lowest BCUT2D eigenvalue weighted by atomic mass is 9.90. The van der Waals surface area contributed by atoms with E-state index in [0.717, 1.165) is 24.0 Å². The van der Waals surface area contributed by atoms with Crippen molar-refractivity contribution in [2.45, 2.75) is 39.5 Å². The third-order valence-corrected chi connectivity index (χ3v) is 2.92. The summed E-state index contributed by atoms with van der Waals surface area (Å²) in [6.45, 7) is 9.61. The van der Waals surface area contributed by atoms with Crippen molar-refractivity contribution in [1.82, 2.24) is 0 Å². The van der Waals surface area contributed by atoms with E-state index in [-0.39, 0.29) is 5.78 Å². The summed E-state index contributed by atoms with van der Waals surface area (Å²) >= 11 is 0. The molecule has 0 radical (unpaired) electrons. The van der Waals surface area contributed by atoms with Gasteiger partial charge in [0.05, 0.1) is 0 Å². The van der Waals surface area contributed by atoms with Crippen LogP contribution in [0.1, 0.15) is 54.1 Å². The molecule has 0 aliphatic heterocycles. The highest BCUT2D eigenvalue weighted by atomic mass is 16.1. The highest BCUT2D eigenvalue weighted by molar-refractivity contribution is 5.94. The second kappa shape index (κ2) is 5.64. The highest BCUT2D eigenvalue weighted by Crippen LogP contribution is 2.25. The van der Waals surface area contributed by atoms with Crippen LogP contribution >= 0.6 is 0 Å². The molecule has 0 amide bonds. The van der Waals surface area contributed by atoms with E-state index in [1.165, 1.54) is 5.56 Å². The summed E-state index contributed by atoms with van der Waals surface area (Å²) in [7, 11) is 0. The first-order valence-electron chi connectivity index (χ1n) is 5.81. The number of Topliss-reactive ketones (excluding diaryl/α,β-unsaturated/α-hetero) is 1. The van der Waals surface area contributed by atoms with E-state index in [1.54, 1.807) is 6.92 Å². The van der Waals surface area contributed by atoms with Crippen LogP contribution < -0.4 is 0 Å². The van der Waals surface area contributed by atoms with Crippen molar-refractivity contribution in [1.29, 1.82) is 0 Å². The zero-order valence-electron chi connectivity index (χ0n) is 10.4. The second-order valence-electron chi connectivity index (χ2n) is 4.32. The Balaban J connectivity index is 3.11. The van der Waals surface area contributed by atoms with E-state index >= 15 is 0 Å². The van der Waals surface area contributed by atoms with E-state index in [9.17, 15) is 4.79 Å². The van der Waals surface area contributed by atoms with Crippen LogP contribution in [0.25, 0.3) is 0 Å². The topological polar surface area (TPSA) is 17.1 Å². The minimum atomic E-state index is 0.137. The molecule has 0 aliphatic rings. The number of benzene rings is 1. The van der Waals surface area contributed by atoms with Gasteiger partial charge in [-0.3, -0.25) is 4.79 Å². The van der Waals surface area contributed by atoms with Gasteiger partial charge in [0.1, 0.15) is 0 Å². The van der Waals surface area contributed by atoms with Gasteiger partial charge in [0.15, 0.2) is 5.78 Å². The zero-order valence-corrected chi connectivity index (χ0v) is 10.4. The predicted octanol–water partition coefficient (Wildman–Crippen LogP) is 4.27. The van der Waals surface area contributed by atoms with Crippen LogP contribution in [0, 0.1) is 6.92 Å². The standard InChI is InChI=1S/C15H20O/c1-5-7-13(6-2)15-9-11(3)8-14(10-15)12(4)16/h5,8-10,13H,1,6-7H2,2-4H3. The van der Waals surface area contributed by atoms with Gasteiger partial charge in [-0.15, -0.1) is 6.58 Å². The summed E-state index contributed by atoms with van der Waals surface area (Å²) in [5.41, 5.74) is 3.23. The molecule has 0 spiro atoms. The van der Waals surface area contributed by atoms with Crippen molar-refractivity contribution in [3.63, 3.8) is 0 Å². The molecule has 0 N–H and O–H groups in total. The first-order valence-corrected chi connectivity index (χ1v) is 5.81. The van der Waals surface area contributed by atoms with Crippen molar-refractivity contribution in [3.05, 3.63) is 47.5 Å². The van der Waals surface area contributed by atoms with Gasteiger partial charge in [-0.25, -0.2) is 0 Å². The average molecular weight is 216 g/mol. The smallest absolute Gasteiger partial charge is 0.159 e. The van der Waals surface area contributed by atoms with E-state index < -0.39 is 0 Å². The van der Waals surface area contributed by atoms with Crippen LogP contribution in [0.4, 0.5) is 0 Å². The Morgan fingerprint density at radius 2 is 2.12 bits per heavy atom. The number of ketones is 1. The first-order chi connectivity index (χ1) is 7.58. The van der Waals surface area contributed by atoms with Crippen LogP contribution in [-0.4, -0.2) is 5.78 Å². The highest BCUT2D eigenvalue weighted by Gasteiger charge is 2.10. The Kier molecular flexibility index (Phi) is 4.48. The molecule has 86 valence electrons. The van der Waals surface area contributed by atoms with Gasteiger partial charge in [-0.05, 0) is 50.3 Å². The summed E-state index contributed by atoms with van der Waals surface area (Å²) in [5, 5.41) is 0. The van der Waals surface area contributed by atoms with Crippen LogP contribution in [0.2, 0.25) is 0 Å². The summed E-state index contributed by atoms with van der Waals surface area (Å²) in [6.07, 6.45) is 3.99. The average Bonchev–Trinajstić information content (AvgIpc) is 2.24. The first kappa shape index (κ1) is 12.7. The molecular formula is C15H20O. The fourth-order valence-corrected chi connectivity index (χ4v) is 1.99. The van der Waals surface area contributed by atoms with Gasteiger partial charge in [-0.2, -0.15) is 0 Å². The number of hydrogen-bond acceptors (Lipinski definition) is 1. The van der Waals surface area contributed by atoms with E-state index in [1.807, 2.05) is 25.1 Å². The Bertz CT molecular complexity index is 390. The maximum atomic E-state index is 11.4. The lowest BCUT2D eigenvalue weighted by Gasteiger charge is -2.15. The van der Waals surface area contributed by atoms with Gasteiger partial charge in [0.25, 0.3) is 0 Å². The molecule has 0 saturated heterocycles. The number of aryl methyl sites for hydroxylation is 1. The SMILES string of the molecule is C=CCC(CC)c1cc(C)cc(C(C)=O)c1. The molecule has 0 fully saturated rings. The van der Waals surface area contributed by atoms with Crippen molar-refractivity contribution < 1.29 is 4.79 Å². The molecule has 16 heavy (non-hydrogen) atoms. The number of allylic oxidation sites excluding steroid dienone is 1. The third-order valence-electron chi connectivity index (χ3n) is 2.92. The molecule has 1 atom stereocenters. The van der Waals surface area contributed by atoms with Crippen LogP contribution in [-0.2, 0) is 0 Å². The minimum absolute atomic E-state index is 0.137. The van der Waals surface area contributed by atoms with Crippen LogP contribution in [0.5, 0.6) is 0 Å². The molecule has 1 unspecified atom stereocenters. The molecule has 1 nitrogen and oxygen atoms in total. The van der Waals surface area contributed by atoms with Crippen molar-refractivity contribution in [3.8, 4) is 0 Å². The largest absolute Gasteiger partial charge is 0.295 e. The number of carbonyl (C=O) groups is 1. The number of hydrogen-bond donors (Lipinski definition) is 0. The molecule has 1 aromatic rings. The quantitative estimate of drug-likeness (QED) is 0.530. The minimum Gasteiger partial charge on any atom is -0.295 e.